The van der Waals surface area contributed by atoms with Gasteiger partial charge in [-0.2, -0.15) is 0 Å². The van der Waals surface area contributed by atoms with E-state index in [1.165, 1.54) is 20.8 Å². The van der Waals surface area contributed by atoms with Crippen LogP contribution in [0.4, 0.5) is 0 Å². The van der Waals surface area contributed by atoms with E-state index in [0.717, 1.165) is 0 Å². The molecule has 4 atom stereocenters. The minimum Gasteiger partial charge on any atom is -0.481 e. The summed E-state index contributed by atoms with van der Waals surface area (Å²) in [5.41, 5.74) is 0. The summed E-state index contributed by atoms with van der Waals surface area (Å²) in [4.78, 5) is 44.5. The van der Waals surface area contributed by atoms with Crippen molar-refractivity contribution in [1.29, 1.82) is 0 Å². The summed E-state index contributed by atoms with van der Waals surface area (Å²) in [5.74, 6) is -3.77. The van der Waals surface area contributed by atoms with E-state index in [1.54, 1.807) is 0 Å². The lowest BCUT2D eigenvalue weighted by atomic mass is 9.87. The average molecular weight is 332 g/mol. The first-order valence-electron chi connectivity index (χ1n) is 7.02. The number of aliphatic carboxylic acids is 1. The average Bonchev–Trinajstić information content (AvgIpc) is 2.39. The zero-order valence-corrected chi connectivity index (χ0v) is 13.1. The second kappa shape index (κ2) is 8.47. The maximum atomic E-state index is 11.3. The fourth-order valence-electron chi connectivity index (χ4n) is 2.41. The number of carbonyl (C=O) groups is 4. The molecule has 1 rings (SSSR count). The van der Waals surface area contributed by atoms with Crippen molar-refractivity contribution in [2.75, 3.05) is 13.2 Å². The molecule has 4 unspecified atom stereocenters. The first-order valence-corrected chi connectivity index (χ1v) is 7.02. The lowest BCUT2D eigenvalue weighted by Crippen LogP contribution is -2.54. The molecule has 23 heavy (non-hydrogen) atoms. The number of carboxylic acids is 1. The van der Waals surface area contributed by atoms with Crippen molar-refractivity contribution in [3.8, 4) is 0 Å². The Labute approximate surface area is 132 Å². The van der Waals surface area contributed by atoms with Crippen LogP contribution < -0.4 is 0 Å². The van der Waals surface area contributed by atoms with E-state index < -0.39 is 54.5 Å². The van der Waals surface area contributed by atoms with E-state index in [2.05, 4.69) is 0 Å². The molecule has 0 radical (unpaired) electrons. The quantitative estimate of drug-likeness (QED) is 0.524. The molecule has 0 saturated carbocycles. The van der Waals surface area contributed by atoms with Gasteiger partial charge in [-0.3, -0.25) is 19.2 Å². The molecule has 1 fully saturated rings. The third-order valence-electron chi connectivity index (χ3n) is 3.22. The Morgan fingerprint density at radius 3 is 2.13 bits per heavy atom. The number of carbonyl (C=O) groups excluding carboxylic acids is 3. The van der Waals surface area contributed by atoms with E-state index in [4.69, 9.17) is 24.1 Å². The van der Waals surface area contributed by atoms with Crippen molar-refractivity contribution >= 4 is 23.9 Å². The summed E-state index contributed by atoms with van der Waals surface area (Å²) >= 11 is 0. The van der Waals surface area contributed by atoms with E-state index >= 15 is 0 Å². The third-order valence-corrected chi connectivity index (χ3v) is 3.22. The van der Waals surface area contributed by atoms with Crippen LogP contribution in [0.5, 0.6) is 0 Å². The predicted octanol–water partition coefficient (Wildman–Crippen LogP) is -0.0974. The third kappa shape index (κ3) is 6.23. The lowest BCUT2D eigenvalue weighted by molar-refractivity contribution is -0.210. The topological polar surface area (TPSA) is 125 Å². The van der Waals surface area contributed by atoms with Crippen molar-refractivity contribution in [2.45, 2.75) is 45.5 Å². The van der Waals surface area contributed by atoms with Crippen molar-refractivity contribution in [3.63, 3.8) is 0 Å². The van der Waals surface area contributed by atoms with Gasteiger partial charge in [0.2, 0.25) is 0 Å². The van der Waals surface area contributed by atoms with Crippen molar-refractivity contribution in [3.05, 3.63) is 0 Å². The van der Waals surface area contributed by atoms with Crippen LogP contribution in [0.2, 0.25) is 0 Å². The fraction of sp³-hybridized carbons (Fsp3) is 0.714. The Hall–Kier alpha value is -2.16. The molecular formula is C14H20O9. The first kappa shape index (κ1) is 18.9. The summed E-state index contributed by atoms with van der Waals surface area (Å²) < 4.78 is 20.5. The molecular weight excluding hydrogens is 312 g/mol. The molecule has 130 valence electrons. The molecule has 0 spiro atoms. The predicted molar refractivity (Wildman–Crippen MR) is 73.2 cm³/mol. The minimum atomic E-state index is -1.15. The van der Waals surface area contributed by atoms with E-state index in [-0.39, 0.29) is 13.2 Å². The molecule has 0 aromatic rings. The highest BCUT2D eigenvalue weighted by atomic mass is 16.6. The van der Waals surface area contributed by atoms with Gasteiger partial charge in [0.25, 0.3) is 0 Å². The summed E-state index contributed by atoms with van der Waals surface area (Å²) in [6.07, 6.45) is -3.11. The largest absolute Gasteiger partial charge is 0.481 e. The van der Waals surface area contributed by atoms with Gasteiger partial charge in [-0.1, -0.05) is 0 Å². The monoisotopic (exact) mass is 332 g/mol. The SMILES string of the molecule is CC(=O)OCC1OCC(OC(C)=O)C(OC(C)=O)C1CC(=O)O. The van der Waals surface area contributed by atoms with E-state index in [9.17, 15) is 19.2 Å². The van der Waals surface area contributed by atoms with Crippen LogP contribution >= 0.6 is 0 Å². The van der Waals surface area contributed by atoms with Gasteiger partial charge < -0.3 is 24.1 Å². The number of ether oxygens (including phenoxy) is 4. The molecule has 0 aromatic heterocycles. The highest BCUT2D eigenvalue weighted by Crippen LogP contribution is 2.29. The second-order valence-electron chi connectivity index (χ2n) is 5.16. The maximum absolute atomic E-state index is 11.3. The van der Waals surface area contributed by atoms with Gasteiger partial charge in [-0.15, -0.1) is 0 Å². The summed E-state index contributed by atoms with van der Waals surface area (Å²) in [5, 5.41) is 9.07. The molecule has 9 nitrogen and oxygen atoms in total. The second-order valence-corrected chi connectivity index (χ2v) is 5.16. The number of hydrogen-bond donors (Lipinski definition) is 1. The van der Waals surface area contributed by atoms with Crippen LogP contribution in [0.15, 0.2) is 0 Å². The van der Waals surface area contributed by atoms with Crippen LogP contribution in [-0.4, -0.2) is 60.5 Å². The maximum Gasteiger partial charge on any atom is 0.303 e. The zero-order chi connectivity index (χ0) is 17.6. The molecule has 1 aliphatic heterocycles. The van der Waals surface area contributed by atoms with Crippen LogP contribution in [0.3, 0.4) is 0 Å². The lowest BCUT2D eigenvalue weighted by Gasteiger charge is -2.40. The van der Waals surface area contributed by atoms with Gasteiger partial charge >= 0.3 is 23.9 Å². The van der Waals surface area contributed by atoms with Crippen LogP contribution in [0.25, 0.3) is 0 Å². The summed E-state index contributed by atoms with van der Waals surface area (Å²) in [6, 6.07) is 0. The van der Waals surface area contributed by atoms with Crippen LogP contribution in [0.1, 0.15) is 27.2 Å². The van der Waals surface area contributed by atoms with Gasteiger partial charge in [0, 0.05) is 26.7 Å². The van der Waals surface area contributed by atoms with Crippen molar-refractivity contribution in [2.24, 2.45) is 5.92 Å². The van der Waals surface area contributed by atoms with Crippen molar-refractivity contribution < 1.29 is 43.2 Å². The van der Waals surface area contributed by atoms with Gasteiger partial charge in [0.1, 0.15) is 12.7 Å². The Morgan fingerprint density at radius 2 is 1.65 bits per heavy atom. The minimum absolute atomic E-state index is 0.0976. The van der Waals surface area contributed by atoms with Crippen molar-refractivity contribution in [1.82, 2.24) is 0 Å². The molecule has 1 aliphatic rings. The van der Waals surface area contributed by atoms with E-state index in [1.807, 2.05) is 0 Å². The Morgan fingerprint density at radius 1 is 1.04 bits per heavy atom. The van der Waals surface area contributed by atoms with Gasteiger partial charge in [-0.25, -0.2) is 0 Å². The number of carboxylic acid groups (broad SMARTS) is 1. The Balaban J connectivity index is 2.98. The van der Waals surface area contributed by atoms with E-state index in [0.29, 0.717) is 0 Å². The standard InChI is InChI=1S/C14H20O9/c1-7(15)20-5-11-10(4-13(18)19)14(23-9(3)17)12(6-21-11)22-8(2)16/h10-12,14H,4-6H2,1-3H3,(H,18,19). The zero-order valence-electron chi connectivity index (χ0n) is 13.1. The number of esters is 3. The molecule has 1 saturated heterocycles. The van der Waals surface area contributed by atoms with Gasteiger partial charge in [0.05, 0.1) is 19.1 Å². The van der Waals surface area contributed by atoms with Gasteiger partial charge in [-0.05, 0) is 0 Å². The summed E-state index contributed by atoms with van der Waals surface area (Å²) in [6.45, 7) is 3.28. The molecule has 1 heterocycles. The van der Waals surface area contributed by atoms with Crippen LogP contribution in [0, 0.1) is 5.92 Å². The molecule has 1 N–H and O–H groups in total. The normalized spacial score (nSPS) is 26.9. The molecule has 0 bridgehead atoms. The fourth-order valence-corrected chi connectivity index (χ4v) is 2.41. The Bertz CT molecular complexity index is 473. The van der Waals surface area contributed by atoms with Gasteiger partial charge in [0.15, 0.2) is 6.10 Å². The molecule has 9 heteroatoms. The molecule has 0 aromatic carbocycles. The van der Waals surface area contributed by atoms with Crippen LogP contribution in [-0.2, 0) is 38.1 Å². The number of hydrogen-bond acceptors (Lipinski definition) is 8. The Kier molecular flexibility index (Phi) is 6.95. The molecule has 0 amide bonds. The first-order chi connectivity index (χ1) is 10.7. The number of rotatable bonds is 6. The highest BCUT2D eigenvalue weighted by molar-refractivity contribution is 5.69. The molecule has 0 aliphatic carbocycles. The smallest absolute Gasteiger partial charge is 0.303 e. The summed E-state index contributed by atoms with van der Waals surface area (Å²) in [7, 11) is 0. The highest BCUT2D eigenvalue weighted by Gasteiger charge is 2.45.